The predicted octanol–water partition coefficient (Wildman–Crippen LogP) is 3.28. The normalized spacial score (nSPS) is 12.6. The molecule has 4 nitrogen and oxygen atoms in total. The van der Waals surface area contributed by atoms with Crippen molar-refractivity contribution in [1.82, 2.24) is 14.9 Å². The molecule has 114 valence electrons. The maximum Gasteiger partial charge on any atom is 0.222 e. The van der Waals surface area contributed by atoms with Crippen molar-refractivity contribution in [2.45, 2.75) is 39.3 Å². The van der Waals surface area contributed by atoms with Gasteiger partial charge in [-0.25, -0.2) is 8.78 Å². The summed E-state index contributed by atoms with van der Waals surface area (Å²) in [6, 6.07) is 2.56. The fourth-order valence-corrected chi connectivity index (χ4v) is 2.36. The third-order valence-corrected chi connectivity index (χ3v) is 3.73. The number of fused-ring (bicyclic) bond motifs is 1. The van der Waals surface area contributed by atoms with Crippen LogP contribution in [0.25, 0.3) is 11.0 Å². The molecule has 2 aromatic rings. The van der Waals surface area contributed by atoms with Gasteiger partial charge in [0.1, 0.15) is 5.52 Å². The van der Waals surface area contributed by atoms with Gasteiger partial charge in [0.05, 0.1) is 5.52 Å². The number of aromatic nitrogens is 2. The highest BCUT2D eigenvalue weighted by molar-refractivity contribution is 7.71. The third-order valence-electron chi connectivity index (χ3n) is 3.41. The van der Waals surface area contributed by atoms with Crippen LogP contribution in [0.3, 0.4) is 0 Å². The van der Waals surface area contributed by atoms with Gasteiger partial charge in [-0.1, -0.05) is 6.92 Å². The van der Waals surface area contributed by atoms with Crippen molar-refractivity contribution in [2.75, 3.05) is 0 Å². The highest BCUT2D eigenvalue weighted by Crippen LogP contribution is 2.20. The van der Waals surface area contributed by atoms with Crippen LogP contribution in [0.5, 0.6) is 0 Å². The smallest absolute Gasteiger partial charge is 0.222 e. The van der Waals surface area contributed by atoms with E-state index in [1.54, 1.807) is 0 Å². The first-order valence-corrected chi connectivity index (χ1v) is 7.20. The molecule has 0 saturated heterocycles. The van der Waals surface area contributed by atoms with Crippen molar-refractivity contribution in [3.05, 3.63) is 28.5 Å². The molecule has 1 amide bonds. The summed E-state index contributed by atoms with van der Waals surface area (Å²) in [5.41, 5.74) is 0.484. The van der Waals surface area contributed by atoms with Crippen LogP contribution in [0, 0.1) is 16.4 Å². The number of hydrogen-bond acceptors (Lipinski definition) is 2. The molecule has 2 N–H and O–H groups in total. The molecule has 1 unspecified atom stereocenters. The average Bonchev–Trinajstić information content (AvgIpc) is 2.77. The van der Waals surface area contributed by atoms with Gasteiger partial charge >= 0.3 is 0 Å². The van der Waals surface area contributed by atoms with Gasteiger partial charge in [0.25, 0.3) is 0 Å². The summed E-state index contributed by atoms with van der Waals surface area (Å²) in [5.74, 6) is -2.03. The molecule has 1 atom stereocenters. The van der Waals surface area contributed by atoms with Crippen molar-refractivity contribution in [3.8, 4) is 0 Å². The summed E-state index contributed by atoms with van der Waals surface area (Å²) >= 11 is 5.11. The third kappa shape index (κ3) is 3.29. The summed E-state index contributed by atoms with van der Waals surface area (Å²) < 4.78 is 28.9. The lowest BCUT2D eigenvalue weighted by Crippen LogP contribution is -2.32. The first-order valence-electron chi connectivity index (χ1n) is 6.80. The molecule has 0 fully saturated rings. The quantitative estimate of drug-likeness (QED) is 0.832. The second-order valence-corrected chi connectivity index (χ2v) is 5.35. The van der Waals surface area contributed by atoms with Gasteiger partial charge < -0.3 is 14.9 Å². The minimum absolute atomic E-state index is 0.0661. The molecular weight excluding hydrogens is 296 g/mol. The Balaban J connectivity index is 2.23. The second-order valence-electron chi connectivity index (χ2n) is 4.97. The van der Waals surface area contributed by atoms with E-state index in [1.165, 1.54) is 10.6 Å². The average molecular weight is 313 g/mol. The number of carbonyl (C=O) groups excluding carboxylic acids is 1. The summed E-state index contributed by atoms with van der Waals surface area (Å²) in [4.78, 5) is 14.6. The van der Waals surface area contributed by atoms with Crippen LogP contribution in [-0.4, -0.2) is 21.5 Å². The zero-order valence-corrected chi connectivity index (χ0v) is 12.7. The van der Waals surface area contributed by atoms with E-state index in [-0.39, 0.29) is 35.2 Å². The van der Waals surface area contributed by atoms with Crippen molar-refractivity contribution in [1.29, 1.82) is 0 Å². The minimum atomic E-state index is -0.956. The number of halogens is 2. The number of benzene rings is 1. The van der Waals surface area contributed by atoms with E-state index in [4.69, 9.17) is 12.2 Å². The maximum absolute atomic E-state index is 13.9. The van der Waals surface area contributed by atoms with E-state index in [0.717, 1.165) is 12.5 Å². The molecule has 1 aromatic carbocycles. The summed E-state index contributed by atoms with van der Waals surface area (Å²) in [7, 11) is 0. The maximum atomic E-state index is 13.9. The van der Waals surface area contributed by atoms with E-state index in [9.17, 15) is 13.6 Å². The Bertz CT molecular complexity index is 723. The number of amides is 1. The van der Waals surface area contributed by atoms with Crippen LogP contribution in [0.15, 0.2) is 12.1 Å². The fraction of sp³-hybridized carbons (Fsp3) is 0.429. The zero-order valence-electron chi connectivity index (χ0n) is 11.9. The molecule has 0 radical (unpaired) electrons. The van der Waals surface area contributed by atoms with Crippen molar-refractivity contribution < 1.29 is 13.6 Å². The Hall–Kier alpha value is -1.76. The Morgan fingerprint density at radius 2 is 2.19 bits per heavy atom. The van der Waals surface area contributed by atoms with Crippen LogP contribution in [0.4, 0.5) is 8.78 Å². The molecule has 0 saturated carbocycles. The SMILES string of the molecule is CCC(C)NC(=O)CCn1c(=S)[nH]c2ccc(F)c(F)c21. The first-order chi connectivity index (χ1) is 9.93. The molecule has 7 heteroatoms. The van der Waals surface area contributed by atoms with Crippen LogP contribution >= 0.6 is 12.2 Å². The minimum Gasteiger partial charge on any atom is -0.354 e. The number of nitrogens with zero attached hydrogens (tertiary/aromatic N) is 1. The zero-order chi connectivity index (χ0) is 15.6. The largest absolute Gasteiger partial charge is 0.354 e. The number of aromatic amines is 1. The molecule has 0 bridgehead atoms. The van der Waals surface area contributed by atoms with Crippen LogP contribution in [-0.2, 0) is 11.3 Å². The molecule has 0 aliphatic heterocycles. The van der Waals surface area contributed by atoms with Gasteiger partial charge in [-0.15, -0.1) is 0 Å². The Labute approximate surface area is 126 Å². The molecular formula is C14H17F2N3OS. The summed E-state index contributed by atoms with van der Waals surface area (Å²) in [6.07, 6.45) is 0.986. The van der Waals surface area contributed by atoms with E-state index >= 15 is 0 Å². The van der Waals surface area contributed by atoms with E-state index in [2.05, 4.69) is 10.3 Å². The highest BCUT2D eigenvalue weighted by atomic mass is 32.1. The molecule has 2 rings (SSSR count). The van der Waals surface area contributed by atoms with Gasteiger partial charge in [0.15, 0.2) is 16.4 Å². The van der Waals surface area contributed by atoms with Gasteiger partial charge in [-0.3, -0.25) is 4.79 Å². The first kappa shape index (κ1) is 15.6. The van der Waals surface area contributed by atoms with Gasteiger partial charge in [-0.2, -0.15) is 0 Å². The number of aryl methyl sites for hydroxylation is 1. The lowest BCUT2D eigenvalue weighted by atomic mass is 10.2. The van der Waals surface area contributed by atoms with E-state index < -0.39 is 11.6 Å². The van der Waals surface area contributed by atoms with E-state index in [0.29, 0.717) is 5.52 Å². The predicted molar refractivity (Wildman–Crippen MR) is 79.6 cm³/mol. The molecule has 21 heavy (non-hydrogen) atoms. The van der Waals surface area contributed by atoms with Crippen molar-refractivity contribution in [3.63, 3.8) is 0 Å². The van der Waals surface area contributed by atoms with Gasteiger partial charge in [-0.05, 0) is 37.7 Å². The summed E-state index contributed by atoms with van der Waals surface area (Å²) in [6.45, 7) is 4.07. The second kappa shape index (κ2) is 6.34. The lowest BCUT2D eigenvalue weighted by molar-refractivity contribution is -0.121. The molecule has 0 aliphatic carbocycles. The molecule has 1 heterocycles. The molecule has 1 aromatic heterocycles. The van der Waals surface area contributed by atoms with Crippen LogP contribution in [0.1, 0.15) is 26.7 Å². The Kier molecular flexibility index (Phi) is 4.72. The van der Waals surface area contributed by atoms with Crippen molar-refractivity contribution >= 4 is 29.2 Å². The monoisotopic (exact) mass is 313 g/mol. The standard InChI is InChI=1S/C14H17F2N3OS/c1-3-8(2)17-11(20)6-7-19-13-10(18-14(19)21)5-4-9(15)12(13)16/h4-5,8H,3,6-7H2,1-2H3,(H,17,20)(H,18,21). The van der Waals surface area contributed by atoms with E-state index in [1.807, 2.05) is 13.8 Å². The van der Waals surface area contributed by atoms with Gasteiger partial charge in [0.2, 0.25) is 5.91 Å². The van der Waals surface area contributed by atoms with Crippen LogP contribution < -0.4 is 5.32 Å². The number of H-pyrrole nitrogens is 1. The Morgan fingerprint density at radius 3 is 2.86 bits per heavy atom. The Morgan fingerprint density at radius 1 is 1.48 bits per heavy atom. The molecule has 0 spiro atoms. The van der Waals surface area contributed by atoms with Crippen molar-refractivity contribution in [2.24, 2.45) is 0 Å². The number of rotatable bonds is 5. The number of hydrogen-bond donors (Lipinski definition) is 2. The topological polar surface area (TPSA) is 49.8 Å². The number of imidazole rings is 1. The number of nitrogens with one attached hydrogen (secondary N) is 2. The van der Waals surface area contributed by atoms with Crippen LogP contribution in [0.2, 0.25) is 0 Å². The summed E-state index contributed by atoms with van der Waals surface area (Å²) in [5, 5.41) is 2.82. The number of carbonyl (C=O) groups is 1. The molecule has 0 aliphatic rings. The lowest BCUT2D eigenvalue weighted by Gasteiger charge is -2.11. The van der Waals surface area contributed by atoms with Gasteiger partial charge in [0, 0.05) is 19.0 Å². The highest BCUT2D eigenvalue weighted by Gasteiger charge is 2.14. The fourth-order valence-electron chi connectivity index (χ4n) is 2.06.